The summed E-state index contributed by atoms with van der Waals surface area (Å²) < 4.78 is 0. The molecule has 1 unspecified atom stereocenters. The largest absolute Gasteiger partial charge is 0.481 e. The van der Waals surface area contributed by atoms with Crippen molar-refractivity contribution in [2.75, 3.05) is 13.1 Å². The zero-order valence-electron chi connectivity index (χ0n) is 15.6. The van der Waals surface area contributed by atoms with Gasteiger partial charge in [-0.05, 0) is 43.1 Å². The highest BCUT2D eigenvalue weighted by atomic mass is 16.4. The van der Waals surface area contributed by atoms with E-state index in [0.717, 1.165) is 45.3 Å². The molecule has 0 bridgehead atoms. The third-order valence-corrected chi connectivity index (χ3v) is 6.07. The second-order valence-electron chi connectivity index (χ2n) is 8.58. The molecule has 1 saturated heterocycles. The fourth-order valence-corrected chi connectivity index (χ4v) is 4.55. The van der Waals surface area contributed by atoms with E-state index >= 15 is 0 Å². The monoisotopic (exact) mass is 344 g/mol. The highest BCUT2D eigenvalue weighted by Gasteiger charge is 2.37. The first-order valence-corrected chi connectivity index (χ1v) is 9.69. The van der Waals surface area contributed by atoms with Crippen molar-refractivity contribution in [2.24, 2.45) is 11.3 Å². The number of benzene rings is 1. The van der Waals surface area contributed by atoms with Crippen LogP contribution < -0.4 is 5.32 Å². The Morgan fingerprint density at radius 3 is 2.44 bits per heavy atom. The molecule has 1 aromatic carbocycles. The molecule has 1 heterocycles. The lowest BCUT2D eigenvalue weighted by Crippen LogP contribution is -2.56. The quantitative estimate of drug-likeness (QED) is 0.858. The van der Waals surface area contributed by atoms with E-state index in [1.165, 1.54) is 12.0 Å². The van der Waals surface area contributed by atoms with Gasteiger partial charge in [0.1, 0.15) is 0 Å². The molecule has 3 rings (SSSR count). The van der Waals surface area contributed by atoms with Gasteiger partial charge in [0.05, 0.1) is 5.92 Å². The minimum Gasteiger partial charge on any atom is -0.481 e. The van der Waals surface area contributed by atoms with Gasteiger partial charge in [-0.15, -0.1) is 0 Å². The average Bonchev–Trinajstić information content (AvgIpc) is 2.58. The van der Waals surface area contributed by atoms with Gasteiger partial charge in [-0.1, -0.05) is 44.2 Å². The summed E-state index contributed by atoms with van der Waals surface area (Å²) in [5.74, 6) is -0.744. The van der Waals surface area contributed by atoms with Gasteiger partial charge in [0.15, 0.2) is 0 Å². The predicted octanol–water partition coefficient (Wildman–Crippen LogP) is 3.52. The van der Waals surface area contributed by atoms with Gasteiger partial charge in [-0.3, -0.25) is 9.69 Å². The predicted molar refractivity (Wildman–Crippen MR) is 100 cm³/mol. The molecule has 1 saturated carbocycles. The van der Waals surface area contributed by atoms with Crippen LogP contribution in [-0.2, 0) is 11.3 Å². The van der Waals surface area contributed by atoms with Crippen LogP contribution in [-0.4, -0.2) is 41.1 Å². The van der Waals surface area contributed by atoms with E-state index in [1.54, 1.807) is 0 Å². The van der Waals surface area contributed by atoms with Crippen LogP contribution in [0.4, 0.5) is 0 Å². The van der Waals surface area contributed by atoms with E-state index in [0.29, 0.717) is 12.1 Å². The van der Waals surface area contributed by atoms with E-state index in [4.69, 9.17) is 5.11 Å². The van der Waals surface area contributed by atoms with Gasteiger partial charge in [-0.25, -0.2) is 0 Å². The van der Waals surface area contributed by atoms with Crippen molar-refractivity contribution < 1.29 is 9.90 Å². The highest BCUT2D eigenvalue weighted by Crippen LogP contribution is 2.32. The minimum atomic E-state index is -0.618. The Bertz CT molecular complexity index is 565. The number of likely N-dealkylation sites (tertiary alicyclic amines) is 1. The maximum absolute atomic E-state index is 11.1. The van der Waals surface area contributed by atoms with E-state index in [9.17, 15) is 4.79 Å². The molecule has 2 fully saturated rings. The van der Waals surface area contributed by atoms with Crippen molar-refractivity contribution in [3.05, 3.63) is 35.9 Å². The standard InChI is InChI=1S/C21H32N2O2/c1-21(2)15-23(14-16-6-4-3-5-7-16)13-12-19(21)22-18-10-8-17(9-11-18)20(24)25/h3-7,17-19,22H,8-15H2,1-2H3,(H,24,25). The molecule has 2 aliphatic rings. The SMILES string of the molecule is CC1(C)CN(Cc2ccccc2)CCC1NC1CCC(C(=O)O)CC1. The lowest BCUT2D eigenvalue weighted by Gasteiger charge is -2.46. The topological polar surface area (TPSA) is 52.6 Å². The molecule has 25 heavy (non-hydrogen) atoms. The Balaban J connectivity index is 1.50. The molecule has 4 nitrogen and oxygen atoms in total. The van der Waals surface area contributed by atoms with E-state index in [1.807, 2.05) is 0 Å². The van der Waals surface area contributed by atoms with Crippen molar-refractivity contribution in [1.82, 2.24) is 10.2 Å². The summed E-state index contributed by atoms with van der Waals surface area (Å²) in [6.45, 7) is 7.99. The number of aliphatic carboxylic acids is 1. The maximum Gasteiger partial charge on any atom is 0.306 e. The van der Waals surface area contributed by atoms with E-state index < -0.39 is 5.97 Å². The van der Waals surface area contributed by atoms with Gasteiger partial charge in [-0.2, -0.15) is 0 Å². The van der Waals surface area contributed by atoms with E-state index in [-0.39, 0.29) is 11.3 Å². The molecule has 1 aromatic rings. The van der Waals surface area contributed by atoms with Crippen LogP contribution in [0.2, 0.25) is 0 Å². The number of nitrogens with zero attached hydrogens (tertiary/aromatic N) is 1. The number of rotatable bonds is 5. The summed E-state index contributed by atoms with van der Waals surface area (Å²) in [5, 5.41) is 13.0. The van der Waals surface area contributed by atoms with E-state index in [2.05, 4.69) is 54.4 Å². The zero-order chi connectivity index (χ0) is 17.9. The van der Waals surface area contributed by atoms with Gasteiger partial charge in [0.25, 0.3) is 0 Å². The lowest BCUT2D eigenvalue weighted by molar-refractivity contribution is -0.142. The summed E-state index contributed by atoms with van der Waals surface area (Å²) in [6.07, 6.45) is 4.80. The van der Waals surface area contributed by atoms with Crippen molar-refractivity contribution in [1.29, 1.82) is 0 Å². The lowest BCUT2D eigenvalue weighted by atomic mass is 9.77. The molecule has 0 radical (unpaired) electrons. The summed E-state index contributed by atoms with van der Waals surface area (Å²) >= 11 is 0. The smallest absolute Gasteiger partial charge is 0.306 e. The van der Waals surface area contributed by atoms with Crippen molar-refractivity contribution in [2.45, 2.75) is 64.6 Å². The van der Waals surface area contributed by atoms with Crippen molar-refractivity contribution >= 4 is 5.97 Å². The van der Waals surface area contributed by atoms with Crippen LogP contribution in [0.3, 0.4) is 0 Å². The first-order chi connectivity index (χ1) is 11.9. The molecule has 1 atom stereocenters. The van der Waals surface area contributed by atoms with Crippen LogP contribution in [0, 0.1) is 11.3 Å². The number of hydrogen-bond donors (Lipinski definition) is 2. The molecule has 1 aliphatic carbocycles. The van der Waals surface area contributed by atoms with Gasteiger partial charge in [0.2, 0.25) is 0 Å². The fraction of sp³-hybridized carbons (Fsp3) is 0.667. The molecule has 1 aliphatic heterocycles. The number of carboxylic acid groups (broad SMARTS) is 1. The van der Waals surface area contributed by atoms with Crippen LogP contribution >= 0.6 is 0 Å². The average molecular weight is 344 g/mol. The molecule has 0 amide bonds. The Morgan fingerprint density at radius 2 is 1.84 bits per heavy atom. The molecule has 0 spiro atoms. The van der Waals surface area contributed by atoms with Crippen molar-refractivity contribution in [3.8, 4) is 0 Å². The second-order valence-corrected chi connectivity index (χ2v) is 8.58. The third-order valence-electron chi connectivity index (χ3n) is 6.07. The maximum atomic E-state index is 11.1. The summed E-state index contributed by atoms with van der Waals surface area (Å²) in [7, 11) is 0. The van der Waals surface area contributed by atoms with Gasteiger partial charge < -0.3 is 10.4 Å². The minimum absolute atomic E-state index is 0.126. The van der Waals surface area contributed by atoms with Crippen LogP contribution in [0.25, 0.3) is 0 Å². The zero-order valence-corrected chi connectivity index (χ0v) is 15.6. The second kappa shape index (κ2) is 7.88. The molecule has 0 aromatic heterocycles. The number of carbonyl (C=O) groups is 1. The van der Waals surface area contributed by atoms with Crippen LogP contribution in [0.5, 0.6) is 0 Å². The molecule has 2 N–H and O–H groups in total. The van der Waals surface area contributed by atoms with Crippen LogP contribution in [0.1, 0.15) is 51.5 Å². The Kier molecular flexibility index (Phi) is 5.80. The number of nitrogens with one attached hydrogen (secondary N) is 1. The highest BCUT2D eigenvalue weighted by molar-refractivity contribution is 5.70. The first-order valence-electron chi connectivity index (χ1n) is 9.69. The number of carboxylic acids is 1. The summed E-state index contributed by atoms with van der Waals surface area (Å²) in [4.78, 5) is 13.7. The molecule has 4 heteroatoms. The van der Waals surface area contributed by atoms with Crippen LogP contribution in [0.15, 0.2) is 30.3 Å². The normalized spacial score (nSPS) is 30.1. The van der Waals surface area contributed by atoms with Crippen molar-refractivity contribution in [3.63, 3.8) is 0 Å². The third kappa shape index (κ3) is 4.83. The first kappa shape index (κ1) is 18.4. The summed E-state index contributed by atoms with van der Waals surface area (Å²) in [5.41, 5.74) is 1.62. The molecular weight excluding hydrogens is 312 g/mol. The Labute approximate surface area is 151 Å². The molecular formula is C21H32N2O2. The Morgan fingerprint density at radius 1 is 1.16 bits per heavy atom. The van der Waals surface area contributed by atoms with Gasteiger partial charge >= 0.3 is 5.97 Å². The fourth-order valence-electron chi connectivity index (χ4n) is 4.55. The Hall–Kier alpha value is -1.39. The number of piperidine rings is 1. The molecule has 138 valence electrons. The van der Waals surface area contributed by atoms with Gasteiger partial charge in [0, 0.05) is 31.7 Å². The summed E-state index contributed by atoms with van der Waals surface area (Å²) in [6, 6.07) is 11.7. The number of hydrogen-bond acceptors (Lipinski definition) is 3.